The number of benzene rings is 1. The van der Waals surface area contributed by atoms with Gasteiger partial charge in [-0.1, -0.05) is 30.3 Å². The number of likely N-dealkylation sites (tertiary alicyclic amines) is 1. The standard InChI is InChI=1S/C31H45N5O12.Fe/c37-25(17-34(18-26(38)39)15-16-35(19-27(40)41)20-28(42)43)32-13-5-4-9-22(29(44)36-14-6-10-24(36)31(47)48)33-23(30(45)46)12-11-21-7-2-1-3-8-21;/h1-3,7-8,22-24,33H,4-6,9-20H2,(H,32,37)(H,38,39)(H,40,41)(H,42,43)(H,45,46)(H,47,48);/q;+3/p-3/t22-,23-,24-;/m0./s1. The van der Waals surface area contributed by atoms with Crippen LogP contribution < -0.4 is 26.0 Å². The summed E-state index contributed by atoms with van der Waals surface area (Å²) in [6.07, 6.45) is 2.23. The predicted molar refractivity (Wildman–Crippen MR) is 160 cm³/mol. The molecule has 2 amide bonds. The van der Waals surface area contributed by atoms with Crippen molar-refractivity contribution in [2.24, 2.45) is 0 Å². The summed E-state index contributed by atoms with van der Waals surface area (Å²) in [5, 5.41) is 58.0. The quantitative estimate of drug-likeness (QED) is 0.0575. The monoisotopic (exact) mass is 732 g/mol. The molecule has 1 fully saturated rings. The summed E-state index contributed by atoms with van der Waals surface area (Å²) in [5.74, 6) is -8.00. The molecule has 1 heterocycles. The fourth-order valence-corrected chi connectivity index (χ4v) is 5.46. The molecular weight excluding hydrogens is 690 g/mol. The average Bonchev–Trinajstić information content (AvgIpc) is 3.50. The van der Waals surface area contributed by atoms with Crippen molar-refractivity contribution in [2.45, 2.75) is 63.1 Å². The zero-order chi connectivity index (χ0) is 35.6. The molecule has 1 aromatic carbocycles. The van der Waals surface area contributed by atoms with E-state index in [9.17, 15) is 59.1 Å². The van der Waals surface area contributed by atoms with Gasteiger partial charge in [0, 0.05) is 45.8 Å². The van der Waals surface area contributed by atoms with Crippen LogP contribution in [0.5, 0.6) is 0 Å². The van der Waals surface area contributed by atoms with Crippen LogP contribution in [0.3, 0.4) is 0 Å². The molecule has 1 saturated heterocycles. The molecule has 2 rings (SSSR count). The summed E-state index contributed by atoms with van der Waals surface area (Å²) >= 11 is 0. The molecule has 1 aliphatic heterocycles. The van der Waals surface area contributed by atoms with Crippen molar-refractivity contribution in [1.82, 2.24) is 25.3 Å². The molecule has 3 atom stereocenters. The Bertz CT molecular complexity index is 1250. The van der Waals surface area contributed by atoms with Crippen molar-refractivity contribution in [1.29, 1.82) is 0 Å². The number of rotatable bonds is 24. The maximum atomic E-state index is 13.5. The third-order valence-corrected chi connectivity index (χ3v) is 7.78. The van der Waals surface area contributed by atoms with Crippen LogP contribution in [0.1, 0.15) is 44.1 Å². The van der Waals surface area contributed by atoms with Gasteiger partial charge in [0.1, 0.15) is 12.1 Å². The zero-order valence-corrected chi connectivity index (χ0v) is 28.0. The maximum Gasteiger partial charge on any atom is 3.00 e. The number of aliphatic carboxylic acids is 5. The third kappa shape index (κ3) is 16.7. The first-order chi connectivity index (χ1) is 22.8. The molecule has 4 N–H and O–H groups in total. The van der Waals surface area contributed by atoms with Gasteiger partial charge in [-0.25, -0.2) is 4.79 Å². The molecule has 0 aromatic heterocycles. The van der Waals surface area contributed by atoms with Crippen LogP contribution in [0.4, 0.5) is 0 Å². The van der Waals surface area contributed by atoms with Crippen LogP contribution in [0.2, 0.25) is 0 Å². The number of hydrogen-bond acceptors (Lipinski definition) is 13. The van der Waals surface area contributed by atoms with Crippen molar-refractivity contribution in [3.8, 4) is 0 Å². The van der Waals surface area contributed by atoms with Crippen molar-refractivity contribution in [3.05, 3.63) is 35.9 Å². The van der Waals surface area contributed by atoms with E-state index in [-0.39, 0.29) is 62.5 Å². The van der Waals surface area contributed by atoms with Crippen molar-refractivity contribution >= 4 is 41.7 Å². The number of carbonyl (C=O) groups is 7. The van der Waals surface area contributed by atoms with Crippen LogP contribution in [0, 0.1) is 0 Å². The van der Waals surface area contributed by atoms with E-state index in [4.69, 9.17) is 0 Å². The summed E-state index contributed by atoms with van der Waals surface area (Å²) in [7, 11) is 0. The molecule has 1 aliphatic rings. The Morgan fingerprint density at radius 1 is 0.816 bits per heavy atom. The first kappa shape index (κ1) is 42.9. The first-order valence-corrected chi connectivity index (χ1v) is 15.6. The Kier molecular flexibility index (Phi) is 19.7. The second-order valence-electron chi connectivity index (χ2n) is 11.5. The van der Waals surface area contributed by atoms with Gasteiger partial charge < -0.3 is 50.1 Å². The molecule has 0 aliphatic carbocycles. The second kappa shape index (κ2) is 22.5. The van der Waals surface area contributed by atoms with Crippen molar-refractivity contribution in [3.63, 3.8) is 0 Å². The summed E-state index contributed by atoms with van der Waals surface area (Å²) in [4.78, 5) is 86.2. The Hall–Kier alpha value is -4.09. The molecule has 1 radical (unpaired) electrons. The molecule has 0 saturated carbocycles. The first-order valence-electron chi connectivity index (χ1n) is 15.6. The van der Waals surface area contributed by atoms with Gasteiger partial charge in [-0.05, 0) is 50.5 Å². The second-order valence-corrected chi connectivity index (χ2v) is 11.5. The number of nitrogens with one attached hydrogen (secondary N) is 2. The van der Waals surface area contributed by atoms with E-state index in [1.54, 1.807) is 0 Å². The van der Waals surface area contributed by atoms with Crippen LogP contribution in [-0.2, 0) is 57.1 Å². The summed E-state index contributed by atoms with van der Waals surface area (Å²) in [6.45, 7) is -2.65. The Morgan fingerprint density at radius 3 is 1.92 bits per heavy atom. The van der Waals surface area contributed by atoms with E-state index in [1.165, 1.54) is 4.90 Å². The van der Waals surface area contributed by atoms with E-state index in [1.807, 2.05) is 30.3 Å². The van der Waals surface area contributed by atoms with E-state index in [0.717, 1.165) is 15.4 Å². The number of nitrogens with zero attached hydrogens (tertiary/aromatic N) is 3. The van der Waals surface area contributed by atoms with Gasteiger partial charge >= 0.3 is 29.0 Å². The summed E-state index contributed by atoms with van der Waals surface area (Å²) < 4.78 is 0. The minimum absolute atomic E-state index is 0. The maximum absolute atomic E-state index is 13.5. The largest absolute Gasteiger partial charge is 3.00 e. The SMILES string of the molecule is O=C([O-])CN(CCN(CC(=O)[O-])CC(=O)NCCCC[C@H](N[C@@H](CCc1ccccc1)C(=O)O)C(=O)N1CCC[C@H]1C(=O)O)CC(=O)[O-].[Fe+3]. The number of carboxylic acids is 5. The number of hydrogen-bond donors (Lipinski definition) is 4. The van der Waals surface area contributed by atoms with Crippen LogP contribution in [0.15, 0.2) is 30.3 Å². The van der Waals surface area contributed by atoms with Crippen LogP contribution in [-0.4, -0.2) is 137 Å². The normalized spacial score (nSPS) is 15.3. The minimum atomic E-state index is -1.55. The Balaban J connectivity index is 0.0000120. The van der Waals surface area contributed by atoms with Gasteiger partial charge in [0.25, 0.3) is 0 Å². The fourth-order valence-electron chi connectivity index (χ4n) is 5.46. The smallest absolute Gasteiger partial charge is 0.549 e. The van der Waals surface area contributed by atoms with E-state index in [0.29, 0.717) is 25.7 Å². The number of aryl methyl sites for hydroxylation is 1. The van der Waals surface area contributed by atoms with Gasteiger partial charge in [0.15, 0.2) is 0 Å². The fraction of sp³-hybridized carbons (Fsp3) is 0.581. The molecular formula is C31H42FeN5O12. The molecule has 18 heteroatoms. The number of carboxylic acid groups (broad SMARTS) is 5. The number of unbranched alkanes of at least 4 members (excludes halogenated alkanes) is 1. The van der Waals surface area contributed by atoms with Gasteiger partial charge in [-0.2, -0.15) is 0 Å². The van der Waals surface area contributed by atoms with Gasteiger partial charge in [-0.15, -0.1) is 0 Å². The Labute approximate surface area is 294 Å². The van der Waals surface area contributed by atoms with Crippen LogP contribution >= 0.6 is 0 Å². The van der Waals surface area contributed by atoms with Crippen LogP contribution in [0.25, 0.3) is 0 Å². The van der Waals surface area contributed by atoms with Crippen molar-refractivity contribution in [2.75, 3.05) is 52.4 Å². The average molecular weight is 733 g/mol. The summed E-state index contributed by atoms with van der Waals surface area (Å²) in [5.41, 5.74) is 0.917. The van der Waals surface area contributed by atoms with Gasteiger partial charge in [0.05, 0.1) is 30.5 Å². The number of carbonyl (C=O) groups excluding carboxylic acids is 5. The van der Waals surface area contributed by atoms with Crippen molar-refractivity contribution < 1.29 is 76.2 Å². The van der Waals surface area contributed by atoms with E-state index < -0.39 is 86.0 Å². The van der Waals surface area contributed by atoms with Gasteiger partial charge in [0.2, 0.25) is 11.8 Å². The molecule has 0 unspecified atom stereocenters. The molecule has 49 heavy (non-hydrogen) atoms. The summed E-state index contributed by atoms with van der Waals surface area (Å²) in [6, 6.07) is 6.12. The molecule has 1 aromatic rings. The number of amides is 2. The molecule has 0 bridgehead atoms. The third-order valence-electron chi connectivity index (χ3n) is 7.78. The van der Waals surface area contributed by atoms with E-state index >= 15 is 0 Å². The topological polar surface area (TPSA) is 263 Å². The Morgan fingerprint density at radius 2 is 1.39 bits per heavy atom. The molecule has 17 nitrogen and oxygen atoms in total. The molecule has 0 spiro atoms. The predicted octanol–water partition coefficient (Wildman–Crippen LogP) is -4.76. The minimum Gasteiger partial charge on any atom is -0.549 e. The zero-order valence-electron chi connectivity index (χ0n) is 26.9. The molecule has 271 valence electrons. The van der Waals surface area contributed by atoms with Gasteiger partial charge in [-0.3, -0.25) is 29.5 Å². The van der Waals surface area contributed by atoms with E-state index in [2.05, 4.69) is 10.6 Å².